The molecule has 0 radical (unpaired) electrons. The van der Waals surface area contributed by atoms with Gasteiger partial charge >= 0.3 is 0 Å². The fourth-order valence-corrected chi connectivity index (χ4v) is 5.14. The summed E-state index contributed by atoms with van der Waals surface area (Å²) in [5, 5.41) is 6.82. The minimum Gasteiger partial charge on any atom is -0.303 e. The SMILES string of the molecule is CCCCC/C=C\C/C=C\CCCCCCCCC(CCCCCCCC/C=C\C/C=C\CCCCC)=NN(C)C. The third kappa shape index (κ3) is 34.5. The second-order valence-corrected chi connectivity index (χ2v) is 12.2. The molecule has 0 atom stereocenters. The van der Waals surface area contributed by atoms with Crippen molar-refractivity contribution in [3.8, 4) is 0 Å². The van der Waals surface area contributed by atoms with Gasteiger partial charge in [0.25, 0.3) is 0 Å². The lowest BCUT2D eigenvalue weighted by atomic mass is 10.0. The standard InChI is InChI=1S/C39H72N2/c1-5-7-9-11-13-15-17-19-21-23-25-27-29-31-33-35-37-39(40-41(3)4)38-36-34-32-30-28-26-24-22-20-18-16-14-12-10-8-6-2/h13-16,19-22H,5-12,17-18,23-38H2,1-4H3/b15-13-,16-14-,21-19-,22-20-. The zero-order valence-corrected chi connectivity index (χ0v) is 28.4. The molecule has 0 unspecified atom stereocenters. The van der Waals surface area contributed by atoms with Crippen LogP contribution in [-0.4, -0.2) is 24.8 Å². The number of rotatable bonds is 31. The van der Waals surface area contributed by atoms with Crippen LogP contribution in [0.25, 0.3) is 0 Å². The third-order valence-corrected chi connectivity index (χ3v) is 7.67. The molecule has 2 nitrogen and oxygen atoms in total. The number of nitrogens with zero attached hydrogens (tertiary/aromatic N) is 2. The van der Waals surface area contributed by atoms with E-state index in [0.717, 1.165) is 12.8 Å². The number of hydrogen-bond donors (Lipinski definition) is 0. The molecule has 0 N–H and O–H groups in total. The molecular weight excluding hydrogens is 496 g/mol. The van der Waals surface area contributed by atoms with Gasteiger partial charge in [0.2, 0.25) is 0 Å². The summed E-state index contributed by atoms with van der Waals surface area (Å²) >= 11 is 0. The Morgan fingerprint density at radius 2 is 0.732 bits per heavy atom. The van der Waals surface area contributed by atoms with Crippen molar-refractivity contribution in [1.29, 1.82) is 0 Å². The first kappa shape index (κ1) is 39.4. The van der Waals surface area contributed by atoms with Crippen LogP contribution >= 0.6 is 0 Å². The number of hydrazone groups is 1. The van der Waals surface area contributed by atoms with Crippen molar-refractivity contribution in [3.05, 3.63) is 48.6 Å². The van der Waals surface area contributed by atoms with E-state index in [1.54, 1.807) is 0 Å². The van der Waals surface area contributed by atoms with Crippen molar-refractivity contribution in [2.75, 3.05) is 14.1 Å². The average molecular weight is 569 g/mol. The van der Waals surface area contributed by atoms with Crippen LogP contribution < -0.4 is 0 Å². The molecule has 0 bridgehead atoms. The van der Waals surface area contributed by atoms with Crippen molar-refractivity contribution < 1.29 is 0 Å². The van der Waals surface area contributed by atoms with Gasteiger partial charge in [-0.1, -0.05) is 140 Å². The Kier molecular flexibility index (Phi) is 33.3. The van der Waals surface area contributed by atoms with Gasteiger partial charge in [0, 0.05) is 19.8 Å². The topological polar surface area (TPSA) is 15.6 Å². The normalized spacial score (nSPS) is 12.1. The first-order valence-electron chi connectivity index (χ1n) is 18.0. The second kappa shape index (κ2) is 34.6. The van der Waals surface area contributed by atoms with Gasteiger partial charge in [-0.2, -0.15) is 5.10 Å². The van der Waals surface area contributed by atoms with Crippen LogP contribution in [0.4, 0.5) is 0 Å². The lowest BCUT2D eigenvalue weighted by molar-refractivity contribution is 0.433. The largest absolute Gasteiger partial charge is 0.303 e. The summed E-state index contributed by atoms with van der Waals surface area (Å²) in [5.41, 5.74) is 1.42. The molecule has 0 saturated heterocycles. The molecule has 0 aliphatic rings. The highest BCUT2D eigenvalue weighted by molar-refractivity contribution is 5.84. The lowest BCUT2D eigenvalue weighted by Crippen LogP contribution is -2.09. The zero-order chi connectivity index (χ0) is 29.9. The first-order valence-corrected chi connectivity index (χ1v) is 18.0. The van der Waals surface area contributed by atoms with Crippen LogP contribution in [0.5, 0.6) is 0 Å². The average Bonchev–Trinajstić information content (AvgIpc) is 2.96. The van der Waals surface area contributed by atoms with Crippen molar-refractivity contribution in [2.45, 2.75) is 181 Å². The van der Waals surface area contributed by atoms with Gasteiger partial charge in [0.05, 0.1) is 0 Å². The molecule has 0 saturated carbocycles. The van der Waals surface area contributed by atoms with Crippen LogP contribution in [0.15, 0.2) is 53.7 Å². The van der Waals surface area contributed by atoms with Crippen LogP contribution in [0.3, 0.4) is 0 Å². The molecule has 41 heavy (non-hydrogen) atoms. The minimum absolute atomic E-state index is 1.11. The van der Waals surface area contributed by atoms with E-state index >= 15 is 0 Å². The Hall–Kier alpha value is -1.57. The molecule has 0 aliphatic carbocycles. The van der Waals surface area contributed by atoms with E-state index in [-0.39, 0.29) is 0 Å². The maximum Gasteiger partial charge on any atom is 0.0380 e. The highest BCUT2D eigenvalue weighted by Gasteiger charge is 2.02. The van der Waals surface area contributed by atoms with Crippen molar-refractivity contribution in [2.24, 2.45) is 5.10 Å². The molecule has 0 spiro atoms. The van der Waals surface area contributed by atoms with Crippen molar-refractivity contribution >= 4 is 5.71 Å². The summed E-state index contributed by atoms with van der Waals surface area (Å²) in [6, 6.07) is 0. The van der Waals surface area contributed by atoms with Gasteiger partial charge in [0.15, 0.2) is 0 Å². The van der Waals surface area contributed by atoms with Crippen LogP contribution in [0.1, 0.15) is 181 Å². The van der Waals surface area contributed by atoms with E-state index in [1.165, 1.54) is 160 Å². The van der Waals surface area contributed by atoms with Gasteiger partial charge in [0.1, 0.15) is 0 Å². The van der Waals surface area contributed by atoms with Gasteiger partial charge in [-0.05, 0) is 89.9 Å². The highest BCUT2D eigenvalue weighted by Crippen LogP contribution is 2.14. The zero-order valence-electron chi connectivity index (χ0n) is 28.4. The highest BCUT2D eigenvalue weighted by atomic mass is 15.4. The molecule has 0 fully saturated rings. The van der Waals surface area contributed by atoms with Gasteiger partial charge in [-0.25, -0.2) is 0 Å². The Labute approximate surface area is 258 Å². The van der Waals surface area contributed by atoms with E-state index in [2.05, 4.69) is 76.6 Å². The number of hydrogen-bond acceptors (Lipinski definition) is 2. The van der Waals surface area contributed by atoms with E-state index in [0.29, 0.717) is 0 Å². The van der Waals surface area contributed by atoms with Crippen molar-refractivity contribution in [1.82, 2.24) is 5.01 Å². The fourth-order valence-electron chi connectivity index (χ4n) is 5.14. The molecule has 0 aromatic rings. The molecule has 0 aromatic carbocycles. The summed E-state index contributed by atoms with van der Waals surface area (Å²) in [7, 11) is 4.13. The summed E-state index contributed by atoms with van der Waals surface area (Å²) in [6.07, 6.45) is 52.8. The summed E-state index contributed by atoms with van der Waals surface area (Å²) in [4.78, 5) is 0. The lowest BCUT2D eigenvalue weighted by Gasteiger charge is -2.11. The van der Waals surface area contributed by atoms with Crippen molar-refractivity contribution in [3.63, 3.8) is 0 Å². The van der Waals surface area contributed by atoms with Crippen LogP contribution in [0, 0.1) is 0 Å². The van der Waals surface area contributed by atoms with Crippen LogP contribution in [0.2, 0.25) is 0 Å². The van der Waals surface area contributed by atoms with Gasteiger partial charge in [-0.15, -0.1) is 0 Å². The first-order chi connectivity index (χ1) is 20.2. The van der Waals surface area contributed by atoms with E-state index in [1.807, 2.05) is 5.01 Å². The maximum atomic E-state index is 4.82. The Balaban J connectivity index is 3.65. The molecule has 0 aromatic heterocycles. The van der Waals surface area contributed by atoms with Gasteiger partial charge < -0.3 is 5.01 Å². The number of allylic oxidation sites excluding steroid dienone is 8. The Morgan fingerprint density at radius 1 is 0.415 bits per heavy atom. The minimum atomic E-state index is 1.11. The third-order valence-electron chi connectivity index (χ3n) is 7.67. The molecule has 0 aliphatic heterocycles. The van der Waals surface area contributed by atoms with Crippen LogP contribution in [-0.2, 0) is 0 Å². The Morgan fingerprint density at radius 3 is 1.07 bits per heavy atom. The quantitative estimate of drug-likeness (QED) is 0.0351. The Bertz CT molecular complexity index is 602. The smallest absolute Gasteiger partial charge is 0.0380 e. The second-order valence-electron chi connectivity index (χ2n) is 12.2. The monoisotopic (exact) mass is 569 g/mol. The summed E-state index contributed by atoms with van der Waals surface area (Å²) in [5.74, 6) is 0. The molecule has 238 valence electrons. The van der Waals surface area contributed by atoms with E-state index in [4.69, 9.17) is 5.10 Å². The fraction of sp³-hybridized carbons (Fsp3) is 0.769. The predicted octanol–water partition coefficient (Wildman–Crippen LogP) is 13.3. The molecule has 2 heteroatoms. The molecule has 0 heterocycles. The summed E-state index contributed by atoms with van der Waals surface area (Å²) in [6.45, 7) is 4.54. The van der Waals surface area contributed by atoms with E-state index < -0.39 is 0 Å². The summed E-state index contributed by atoms with van der Waals surface area (Å²) < 4.78 is 0. The molecule has 0 rings (SSSR count). The van der Waals surface area contributed by atoms with E-state index in [9.17, 15) is 0 Å². The van der Waals surface area contributed by atoms with Gasteiger partial charge in [-0.3, -0.25) is 0 Å². The molecular formula is C39H72N2. The number of unbranched alkanes of at least 4 members (excludes halogenated alkanes) is 18. The maximum absolute atomic E-state index is 4.82. The predicted molar refractivity (Wildman–Crippen MR) is 189 cm³/mol. The molecule has 0 amide bonds.